The predicted molar refractivity (Wildman–Crippen MR) is 167 cm³/mol. The number of amides is 1. The number of ketones is 1. The molecule has 1 atom stereocenters. The molecule has 9 rings (SSSR count). The van der Waals surface area contributed by atoms with Crippen molar-refractivity contribution in [3.8, 4) is 5.75 Å². The third kappa shape index (κ3) is 4.01. The summed E-state index contributed by atoms with van der Waals surface area (Å²) in [6, 6.07) is 10.8. The maximum absolute atomic E-state index is 13.7. The van der Waals surface area contributed by atoms with Crippen LogP contribution in [0.15, 0.2) is 47.2 Å². The summed E-state index contributed by atoms with van der Waals surface area (Å²) in [5, 5.41) is 0. The van der Waals surface area contributed by atoms with Gasteiger partial charge in [0.1, 0.15) is 30.4 Å². The Morgan fingerprint density at radius 1 is 0.884 bits per heavy atom. The van der Waals surface area contributed by atoms with Gasteiger partial charge in [0.25, 0.3) is 5.91 Å². The van der Waals surface area contributed by atoms with Crippen LogP contribution in [0.5, 0.6) is 5.75 Å². The van der Waals surface area contributed by atoms with E-state index < -0.39 is 0 Å². The van der Waals surface area contributed by atoms with Crippen LogP contribution in [0.4, 0.5) is 5.69 Å². The Morgan fingerprint density at radius 2 is 1.72 bits per heavy atom. The summed E-state index contributed by atoms with van der Waals surface area (Å²) in [5.74, 6) is 3.04. The summed E-state index contributed by atoms with van der Waals surface area (Å²) in [6.07, 6.45) is 11.2. The summed E-state index contributed by atoms with van der Waals surface area (Å²) in [5.41, 5.74) is 13.0. The Labute approximate surface area is 253 Å². The maximum Gasteiger partial charge on any atom is 0.253 e. The zero-order chi connectivity index (χ0) is 28.7. The number of fused-ring (bicyclic) bond motifs is 3. The minimum absolute atomic E-state index is 0.0384. The van der Waals surface area contributed by atoms with E-state index in [0.717, 1.165) is 61.4 Å². The number of likely N-dealkylation sites (tertiary alicyclic amines) is 1. The van der Waals surface area contributed by atoms with E-state index in [1.807, 2.05) is 11.0 Å². The molecule has 6 nitrogen and oxygen atoms in total. The lowest BCUT2D eigenvalue weighted by atomic mass is 9.72. The number of piperidine rings is 1. The molecule has 220 valence electrons. The lowest BCUT2D eigenvalue weighted by Gasteiger charge is -2.42. The molecule has 1 fully saturated rings. The first-order valence-electron chi connectivity index (χ1n) is 16.8. The second-order valence-corrected chi connectivity index (χ2v) is 13.6. The zero-order valence-electron chi connectivity index (χ0n) is 25.1. The third-order valence-electron chi connectivity index (χ3n) is 11.1. The molecule has 1 saturated heterocycles. The maximum atomic E-state index is 13.7. The number of rotatable bonds is 2. The number of anilines is 1. The standard InChI is InChI=1S/C37H40N3O3/c41-27-12-18-40(19-13-27)37(42)26-7-1-6-23(20-26)32-30-21-24-8-2-14-38-16-4-10-28(33(24)38)35(30)43-36-29-11-5-17-39-15-3-9-25(34(29)39)22-31(32)36/h1,6-7,20-21,25H,2-5,8-19,22H2/q+1. The molecule has 6 aliphatic heterocycles. The molecule has 1 amide bonds. The SMILES string of the molecule is O=C1CCN(C(=O)c2cccc(C3=C4CC5CCC[N+]6=C5C(=C4Oc4c3cc3c5c4CCCN5CCC3)CCC6)c2)CC1. The number of carbonyl (C=O) groups excluding carboxylic acids is 2. The molecule has 0 bridgehead atoms. The molecule has 1 unspecified atom stereocenters. The van der Waals surface area contributed by atoms with Crippen molar-refractivity contribution in [1.29, 1.82) is 0 Å². The van der Waals surface area contributed by atoms with E-state index in [9.17, 15) is 9.59 Å². The summed E-state index contributed by atoms with van der Waals surface area (Å²) < 4.78 is 9.88. The van der Waals surface area contributed by atoms with Gasteiger partial charge in [0, 0.05) is 85.7 Å². The molecule has 0 spiro atoms. The topological polar surface area (TPSA) is 52.9 Å². The summed E-state index contributed by atoms with van der Waals surface area (Å²) in [4.78, 5) is 30.0. The Kier molecular flexibility index (Phi) is 5.96. The highest BCUT2D eigenvalue weighted by Gasteiger charge is 2.45. The lowest BCUT2D eigenvalue weighted by molar-refractivity contribution is -0.538. The van der Waals surface area contributed by atoms with Crippen molar-refractivity contribution >= 4 is 28.7 Å². The van der Waals surface area contributed by atoms with Crippen molar-refractivity contribution in [2.24, 2.45) is 5.92 Å². The van der Waals surface area contributed by atoms with E-state index in [2.05, 4.69) is 33.7 Å². The molecule has 2 aromatic rings. The number of carbonyl (C=O) groups is 2. The van der Waals surface area contributed by atoms with Crippen molar-refractivity contribution in [3.05, 3.63) is 75.1 Å². The van der Waals surface area contributed by atoms with Crippen molar-refractivity contribution in [2.75, 3.05) is 44.2 Å². The van der Waals surface area contributed by atoms with Gasteiger partial charge in [-0.25, -0.2) is 4.58 Å². The van der Waals surface area contributed by atoms with Crippen LogP contribution in [-0.4, -0.2) is 66.1 Å². The monoisotopic (exact) mass is 574 g/mol. The highest BCUT2D eigenvalue weighted by molar-refractivity contribution is 6.05. The number of nitrogens with zero attached hydrogens (tertiary/aromatic N) is 3. The first-order chi connectivity index (χ1) is 21.1. The molecular weight excluding hydrogens is 534 g/mol. The molecule has 6 heteroatoms. The van der Waals surface area contributed by atoms with Gasteiger partial charge in [-0.3, -0.25) is 9.59 Å². The normalized spacial score (nSPS) is 24.3. The molecule has 6 heterocycles. The highest BCUT2D eigenvalue weighted by Crippen LogP contribution is 2.54. The molecule has 2 aromatic carbocycles. The molecule has 7 aliphatic rings. The van der Waals surface area contributed by atoms with Crippen LogP contribution in [0.2, 0.25) is 0 Å². The van der Waals surface area contributed by atoms with Gasteiger partial charge in [-0.1, -0.05) is 12.1 Å². The number of hydrogen-bond donors (Lipinski definition) is 0. The number of aryl methyl sites for hydroxylation is 1. The van der Waals surface area contributed by atoms with Gasteiger partial charge >= 0.3 is 0 Å². The van der Waals surface area contributed by atoms with Gasteiger partial charge in [-0.05, 0) is 79.8 Å². The lowest BCUT2D eigenvalue weighted by Crippen LogP contribution is -2.42. The van der Waals surface area contributed by atoms with Crippen molar-refractivity contribution < 1.29 is 18.9 Å². The molecule has 0 saturated carbocycles. The highest BCUT2D eigenvalue weighted by atomic mass is 16.5. The van der Waals surface area contributed by atoms with E-state index in [-0.39, 0.29) is 11.7 Å². The first-order valence-corrected chi connectivity index (χ1v) is 16.8. The van der Waals surface area contributed by atoms with Crippen molar-refractivity contribution in [1.82, 2.24) is 4.90 Å². The summed E-state index contributed by atoms with van der Waals surface area (Å²) in [6.45, 7) is 5.66. The molecular formula is C37H40N3O3+. The van der Waals surface area contributed by atoms with Gasteiger partial charge in [0.05, 0.1) is 5.57 Å². The van der Waals surface area contributed by atoms with Crippen LogP contribution >= 0.6 is 0 Å². The van der Waals surface area contributed by atoms with Crippen molar-refractivity contribution in [3.63, 3.8) is 0 Å². The van der Waals surface area contributed by atoms with Crippen LogP contribution < -0.4 is 9.64 Å². The average Bonchev–Trinajstić information content (AvgIpc) is 3.05. The predicted octanol–water partition coefficient (Wildman–Crippen LogP) is 5.70. The molecule has 43 heavy (non-hydrogen) atoms. The van der Waals surface area contributed by atoms with Crippen LogP contribution in [0, 0.1) is 5.92 Å². The molecule has 0 N–H and O–H groups in total. The minimum atomic E-state index is 0.0384. The average molecular weight is 575 g/mol. The van der Waals surface area contributed by atoms with Crippen LogP contribution in [-0.2, 0) is 17.6 Å². The van der Waals surface area contributed by atoms with Gasteiger partial charge in [0.2, 0.25) is 0 Å². The van der Waals surface area contributed by atoms with Gasteiger partial charge in [-0.2, -0.15) is 0 Å². The zero-order valence-corrected chi connectivity index (χ0v) is 25.1. The number of hydrogen-bond acceptors (Lipinski definition) is 4. The fourth-order valence-electron chi connectivity index (χ4n) is 9.25. The molecule has 0 aromatic heterocycles. The van der Waals surface area contributed by atoms with E-state index in [4.69, 9.17) is 4.74 Å². The number of ether oxygens (including phenoxy) is 1. The van der Waals surface area contributed by atoms with E-state index >= 15 is 0 Å². The summed E-state index contributed by atoms with van der Waals surface area (Å²) in [7, 11) is 0. The van der Waals surface area contributed by atoms with Gasteiger partial charge in [-0.15, -0.1) is 0 Å². The van der Waals surface area contributed by atoms with E-state index in [0.29, 0.717) is 31.8 Å². The Morgan fingerprint density at radius 3 is 2.60 bits per heavy atom. The summed E-state index contributed by atoms with van der Waals surface area (Å²) >= 11 is 0. The van der Waals surface area contributed by atoms with E-state index in [1.165, 1.54) is 84.3 Å². The van der Waals surface area contributed by atoms with Gasteiger partial charge in [0.15, 0.2) is 5.71 Å². The van der Waals surface area contributed by atoms with Crippen molar-refractivity contribution in [2.45, 2.75) is 70.6 Å². The van der Waals surface area contributed by atoms with Crippen LogP contribution in [0.25, 0.3) is 5.57 Å². The van der Waals surface area contributed by atoms with Gasteiger partial charge < -0.3 is 14.5 Å². The fraction of sp³-hybridized carbons (Fsp3) is 0.486. The number of benzene rings is 2. The quantitative estimate of drug-likeness (QED) is 0.432. The third-order valence-corrected chi connectivity index (χ3v) is 11.1. The Hall–Kier alpha value is -3.67. The second kappa shape index (κ2) is 9.93. The minimum Gasteiger partial charge on any atom is -0.455 e. The fourth-order valence-corrected chi connectivity index (χ4v) is 9.25. The Bertz CT molecular complexity index is 1680. The molecule has 1 aliphatic carbocycles. The Balaban J connectivity index is 1.26. The number of Topliss-reactive ketones (excluding diaryl/α,β-unsaturated/α-hetero) is 1. The first kappa shape index (κ1) is 25.8. The van der Waals surface area contributed by atoms with E-state index in [1.54, 1.807) is 5.71 Å². The second-order valence-electron chi connectivity index (χ2n) is 13.6. The number of allylic oxidation sites excluding steroid dienone is 2. The van der Waals surface area contributed by atoms with Crippen LogP contribution in [0.1, 0.15) is 90.4 Å². The van der Waals surface area contributed by atoms with Crippen LogP contribution in [0.3, 0.4) is 0 Å². The molecule has 0 radical (unpaired) electrons. The largest absolute Gasteiger partial charge is 0.455 e. The smallest absolute Gasteiger partial charge is 0.253 e.